The van der Waals surface area contributed by atoms with Gasteiger partial charge < -0.3 is 10.2 Å². The second-order valence-electron chi connectivity index (χ2n) is 6.48. The van der Waals surface area contributed by atoms with Crippen molar-refractivity contribution in [2.75, 3.05) is 20.6 Å². The van der Waals surface area contributed by atoms with E-state index in [0.717, 1.165) is 25.2 Å². The van der Waals surface area contributed by atoms with E-state index in [-0.39, 0.29) is 17.6 Å². The molecule has 2 aromatic heterocycles. The fraction of sp³-hybridized carbons (Fsp3) is 0.562. The number of carbonyl (C=O) groups is 1. The summed E-state index contributed by atoms with van der Waals surface area (Å²) < 4.78 is 3.88. The van der Waals surface area contributed by atoms with Gasteiger partial charge in [0.15, 0.2) is 0 Å². The minimum absolute atomic E-state index is 0.0321. The number of carbonyl (C=O) groups excluding carboxylic acids is 1. The van der Waals surface area contributed by atoms with Crippen LogP contribution < -0.4 is 11.0 Å². The van der Waals surface area contributed by atoms with Crippen LogP contribution in [-0.4, -0.2) is 51.8 Å². The van der Waals surface area contributed by atoms with E-state index in [1.165, 1.54) is 11.3 Å². The zero-order valence-electron chi connectivity index (χ0n) is 14.4. The number of thiophene rings is 1. The molecule has 1 aliphatic rings. The number of hydrogen-bond acceptors (Lipinski definition) is 5. The molecular formula is C16H22ClN5O2S. The molecule has 1 N–H and O–H groups in total. The summed E-state index contributed by atoms with van der Waals surface area (Å²) in [6.07, 6.45) is 2.17. The van der Waals surface area contributed by atoms with Crippen molar-refractivity contribution in [3.63, 3.8) is 0 Å². The molecule has 1 aliphatic heterocycles. The van der Waals surface area contributed by atoms with Gasteiger partial charge in [0.1, 0.15) is 5.82 Å². The highest BCUT2D eigenvalue weighted by atomic mass is 35.5. The maximum absolute atomic E-state index is 12.5. The Morgan fingerprint density at radius 1 is 1.44 bits per heavy atom. The molecule has 0 saturated carbocycles. The van der Waals surface area contributed by atoms with Gasteiger partial charge in [-0.3, -0.25) is 9.36 Å². The molecule has 9 heteroatoms. The molecule has 7 nitrogen and oxygen atoms in total. The van der Waals surface area contributed by atoms with Crippen LogP contribution in [0.3, 0.4) is 0 Å². The number of fused-ring (bicyclic) bond motifs is 1. The molecule has 0 aromatic carbocycles. The summed E-state index contributed by atoms with van der Waals surface area (Å²) in [4.78, 5) is 27.4. The number of likely N-dealkylation sites (N-methyl/N-ethyl adjacent to an activating group) is 1. The van der Waals surface area contributed by atoms with Crippen molar-refractivity contribution < 1.29 is 4.79 Å². The Hall–Kier alpha value is -1.64. The fourth-order valence-corrected chi connectivity index (χ4v) is 3.85. The molecule has 1 unspecified atom stereocenters. The van der Waals surface area contributed by atoms with Crippen LogP contribution in [-0.2, 0) is 19.5 Å². The van der Waals surface area contributed by atoms with Crippen LogP contribution in [0.5, 0.6) is 0 Å². The molecule has 0 bridgehead atoms. The van der Waals surface area contributed by atoms with E-state index >= 15 is 0 Å². The largest absolute Gasteiger partial charge is 0.349 e. The van der Waals surface area contributed by atoms with Crippen LogP contribution >= 0.6 is 22.9 Å². The minimum Gasteiger partial charge on any atom is -0.349 e. The summed E-state index contributed by atoms with van der Waals surface area (Å²) in [5, 5.41) is 7.51. The molecule has 0 radical (unpaired) electrons. The van der Waals surface area contributed by atoms with Crippen LogP contribution in [0.2, 0.25) is 4.34 Å². The highest BCUT2D eigenvalue weighted by Crippen LogP contribution is 2.22. The van der Waals surface area contributed by atoms with Gasteiger partial charge in [0.2, 0.25) is 0 Å². The molecule has 25 heavy (non-hydrogen) atoms. The maximum atomic E-state index is 12.5. The summed E-state index contributed by atoms with van der Waals surface area (Å²) in [5.74, 6) is 0.699. The predicted molar refractivity (Wildman–Crippen MR) is 98.6 cm³/mol. The lowest BCUT2D eigenvalue weighted by atomic mass is 10.1. The van der Waals surface area contributed by atoms with Gasteiger partial charge in [-0.15, -0.1) is 11.3 Å². The number of rotatable bonds is 5. The smallest absolute Gasteiger partial charge is 0.345 e. The lowest BCUT2D eigenvalue weighted by molar-refractivity contribution is 0.0937. The van der Waals surface area contributed by atoms with E-state index in [1.54, 1.807) is 21.4 Å². The Balaban J connectivity index is 1.63. The Morgan fingerprint density at radius 2 is 2.24 bits per heavy atom. The molecule has 0 aliphatic carbocycles. The Bertz CT molecular complexity index is 810. The number of hydrogen-bond donors (Lipinski definition) is 1. The Morgan fingerprint density at radius 3 is 2.92 bits per heavy atom. The number of nitrogens with one attached hydrogen (secondary N) is 1. The highest BCUT2D eigenvalue weighted by Gasteiger charge is 2.22. The van der Waals surface area contributed by atoms with Crippen LogP contribution in [0.4, 0.5) is 0 Å². The first-order valence-electron chi connectivity index (χ1n) is 8.31. The molecule has 3 rings (SSSR count). The second-order valence-corrected chi connectivity index (χ2v) is 8.19. The lowest BCUT2D eigenvalue weighted by Gasteiger charge is -2.15. The summed E-state index contributed by atoms with van der Waals surface area (Å²) in [5.41, 5.74) is -0.0612. The predicted octanol–water partition coefficient (Wildman–Crippen LogP) is 1.46. The molecule has 0 saturated heterocycles. The van der Waals surface area contributed by atoms with Crippen molar-refractivity contribution in [3.8, 4) is 0 Å². The minimum atomic E-state index is -0.107. The van der Waals surface area contributed by atoms with Gasteiger partial charge in [-0.25, -0.2) is 9.48 Å². The van der Waals surface area contributed by atoms with E-state index in [2.05, 4.69) is 10.4 Å². The summed E-state index contributed by atoms with van der Waals surface area (Å²) in [7, 11) is 3.94. The number of aryl methyl sites for hydroxylation is 1. The Kier molecular flexibility index (Phi) is 5.61. The van der Waals surface area contributed by atoms with Crippen molar-refractivity contribution in [3.05, 3.63) is 37.7 Å². The van der Waals surface area contributed by atoms with E-state index in [9.17, 15) is 9.59 Å². The molecule has 0 fully saturated rings. The first-order chi connectivity index (χ1) is 11.9. The van der Waals surface area contributed by atoms with Crippen LogP contribution in [0, 0.1) is 0 Å². The van der Waals surface area contributed by atoms with Crippen molar-refractivity contribution >= 4 is 28.8 Å². The average Bonchev–Trinajstić information content (AvgIpc) is 3.05. The van der Waals surface area contributed by atoms with Gasteiger partial charge in [-0.05, 0) is 39.1 Å². The SMILES string of the molecule is CN(C)CCn1nc2n(c1=O)CCC(NC(=O)c1ccc(Cl)s1)CC2. The first kappa shape index (κ1) is 18.2. The zero-order valence-corrected chi connectivity index (χ0v) is 15.9. The van der Waals surface area contributed by atoms with Gasteiger partial charge in [0.05, 0.1) is 15.8 Å². The van der Waals surface area contributed by atoms with E-state index in [4.69, 9.17) is 11.6 Å². The number of halogens is 1. The summed E-state index contributed by atoms with van der Waals surface area (Å²) in [6.45, 7) is 1.94. The molecule has 0 spiro atoms. The van der Waals surface area contributed by atoms with Crippen molar-refractivity contribution in [2.45, 2.75) is 38.4 Å². The standard InChI is InChI=1S/C16H22ClN5O2S/c1-20(2)9-10-22-16(24)21-8-7-11(3-6-14(21)19-22)18-15(23)12-4-5-13(17)25-12/h4-5,11H,3,6-10H2,1-2H3,(H,18,23). The van der Waals surface area contributed by atoms with Gasteiger partial charge in [-0.1, -0.05) is 11.6 Å². The summed E-state index contributed by atoms with van der Waals surface area (Å²) in [6, 6.07) is 3.48. The van der Waals surface area contributed by atoms with Gasteiger partial charge in [0, 0.05) is 25.6 Å². The average molecular weight is 384 g/mol. The quantitative estimate of drug-likeness (QED) is 0.848. The Labute approximate surface area is 155 Å². The highest BCUT2D eigenvalue weighted by molar-refractivity contribution is 7.17. The molecule has 2 aromatic rings. The van der Waals surface area contributed by atoms with Crippen molar-refractivity contribution in [1.82, 2.24) is 24.6 Å². The van der Waals surface area contributed by atoms with Crippen molar-refractivity contribution in [1.29, 1.82) is 0 Å². The van der Waals surface area contributed by atoms with E-state index < -0.39 is 0 Å². The third kappa shape index (κ3) is 4.31. The fourth-order valence-electron chi connectivity index (χ4n) is 2.91. The monoisotopic (exact) mass is 383 g/mol. The van der Waals surface area contributed by atoms with Gasteiger partial charge in [0.25, 0.3) is 5.91 Å². The molecule has 136 valence electrons. The number of nitrogens with zero attached hydrogens (tertiary/aromatic N) is 4. The first-order valence-corrected chi connectivity index (χ1v) is 9.51. The topological polar surface area (TPSA) is 72.2 Å². The van der Waals surface area contributed by atoms with Gasteiger partial charge >= 0.3 is 5.69 Å². The molecule has 3 heterocycles. The molecular weight excluding hydrogens is 362 g/mol. The normalized spacial score (nSPS) is 17.4. The van der Waals surface area contributed by atoms with Crippen LogP contribution in [0.25, 0.3) is 0 Å². The summed E-state index contributed by atoms with van der Waals surface area (Å²) >= 11 is 7.15. The van der Waals surface area contributed by atoms with Crippen LogP contribution in [0.1, 0.15) is 28.3 Å². The van der Waals surface area contributed by atoms with E-state index in [0.29, 0.717) is 28.7 Å². The number of amides is 1. The third-order valence-electron chi connectivity index (χ3n) is 4.31. The van der Waals surface area contributed by atoms with Gasteiger partial charge in [-0.2, -0.15) is 5.10 Å². The van der Waals surface area contributed by atoms with Crippen molar-refractivity contribution in [2.24, 2.45) is 0 Å². The second kappa shape index (κ2) is 7.72. The maximum Gasteiger partial charge on any atom is 0.345 e. The molecule has 1 atom stereocenters. The molecule has 1 amide bonds. The zero-order chi connectivity index (χ0) is 18.0. The lowest BCUT2D eigenvalue weighted by Crippen LogP contribution is -2.35. The number of aromatic nitrogens is 3. The third-order valence-corrected chi connectivity index (χ3v) is 5.54. The van der Waals surface area contributed by atoms with Crippen LogP contribution in [0.15, 0.2) is 16.9 Å². The van der Waals surface area contributed by atoms with E-state index in [1.807, 2.05) is 19.0 Å².